The highest BCUT2D eigenvalue weighted by Crippen LogP contribution is 2.10. The molecule has 2 aromatic heterocycles. The van der Waals surface area contributed by atoms with Gasteiger partial charge in [0, 0.05) is 50.0 Å². The summed E-state index contributed by atoms with van der Waals surface area (Å²) < 4.78 is 0. The maximum atomic E-state index is 4.04. The second-order valence-electron chi connectivity index (χ2n) is 4.91. The smallest absolute Gasteiger partial charge is 0.0293 e. The van der Waals surface area contributed by atoms with Crippen LogP contribution in [-0.4, -0.2) is 23.1 Å². The Labute approximate surface area is 120 Å². The first-order chi connectivity index (χ1) is 9.77. The zero-order valence-electron chi connectivity index (χ0n) is 12.1. The van der Waals surface area contributed by atoms with Gasteiger partial charge in [0.05, 0.1) is 0 Å². The lowest BCUT2D eigenvalue weighted by Crippen LogP contribution is -2.30. The van der Waals surface area contributed by atoms with Gasteiger partial charge >= 0.3 is 0 Å². The SMILES string of the molecule is CC(NCCNC(C)c1ccncc1)c1ccncc1. The van der Waals surface area contributed by atoms with Gasteiger partial charge in [-0.3, -0.25) is 9.97 Å². The summed E-state index contributed by atoms with van der Waals surface area (Å²) in [5, 5.41) is 7.01. The molecule has 20 heavy (non-hydrogen) atoms. The summed E-state index contributed by atoms with van der Waals surface area (Å²) in [5.74, 6) is 0. The first kappa shape index (κ1) is 14.6. The van der Waals surface area contributed by atoms with E-state index in [2.05, 4.69) is 34.4 Å². The summed E-state index contributed by atoms with van der Waals surface area (Å²) in [6.07, 6.45) is 7.32. The third-order valence-corrected chi connectivity index (χ3v) is 3.44. The van der Waals surface area contributed by atoms with Crippen molar-refractivity contribution in [3.8, 4) is 0 Å². The van der Waals surface area contributed by atoms with E-state index in [1.807, 2.05) is 49.1 Å². The zero-order chi connectivity index (χ0) is 14.2. The van der Waals surface area contributed by atoms with Crippen LogP contribution in [-0.2, 0) is 0 Å². The first-order valence-electron chi connectivity index (χ1n) is 7.04. The summed E-state index contributed by atoms with van der Waals surface area (Å²) in [7, 11) is 0. The van der Waals surface area contributed by atoms with Crippen molar-refractivity contribution in [1.29, 1.82) is 0 Å². The minimum atomic E-state index is 0.344. The molecule has 0 fully saturated rings. The Bertz CT molecular complexity index is 439. The Kier molecular flexibility index (Phi) is 5.65. The van der Waals surface area contributed by atoms with Crippen LogP contribution in [0.3, 0.4) is 0 Å². The summed E-state index contributed by atoms with van der Waals surface area (Å²) in [5.41, 5.74) is 2.53. The largest absolute Gasteiger partial charge is 0.309 e. The minimum Gasteiger partial charge on any atom is -0.309 e. The topological polar surface area (TPSA) is 49.8 Å². The number of hydrogen-bond acceptors (Lipinski definition) is 4. The fourth-order valence-electron chi connectivity index (χ4n) is 2.12. The van der Waals surface area contributed by atoms with Crippen molar-refractivity contribution < 1.29 is 0 Å². The van der Waals surface area contributed by atoms with Crippen LogP contribution in [0.2, 0.25) is 0 Å². The molecular formula is C16H22N4. The van der Waals surface area contributed by atoms with Gasteiger partial charge in [0.1, 0.15) is 0 Å². The van der Waals surface area contributed by atoms with E-state index >= 15 is 0 Å². The number of pyridine rings is 2. The van der Waals surface area contributed by atoms with Crippen molar-refractivity contribution in [3.63, 3.8) is 0 Å². The normalized spacial score (nSPS) is 13.9. The van der Waals surface area contributed by atoms with Gasteiger partial charge in [-0.15, -0.1) is 0 Å². The monoisotopic (exact) mass is 270 g/mol. The quantitative estimate of drug-likeness (QED) is 0.759. The molecule has 2 N–H and O–H groups in total. The van der Waals surface area contributed by atoms with Gasteiger partial charge in [-0.2, -0.15) is 0 Å². The number of rotatable bonds is 7. The Morgan fingerprint density at radius 3 is 1.45 bits per heavy atom. The summed E-state index contributed by atoms with van der Waals surface area (Å²) >= 11 is 0. The van der Waals surface area contributed by atoms with E-state index in [0.29, 0.717) is 12.1 Å². The summed E-state index contributed by atoms with van der Waals surface area (Å²) in [6, 6.07) is 8.87. The molecule has 2 heterocycles. The van der Waals surface area contributed by atoms with Crippen molar-refractivity contribution in [1.82, 2.24) is 20.6 Å². The second-order valence-corrected chi connectivity index (χ2v) is 4.91. The summed E-state index contributed by atoms with van der Waals surface area (Å²) in [6.45, 7) is 6.20. The molecule has 0 spiro atoms. The third kappa shape index (κ3) is 4.40. The molecule has 4 heteroatoms. The van der Waals surface area contributed by atoms with E-state index in [9.17, 15) is 0 Å². The highest BCUT2D eigenvalue weighted by molar-refractivity contribution is 5.14. The molecule has 0 radical (unpaired) electrons. The molecule has 2 unspecified atom stereocenters. The van der Waals surface area contributed by atoms with E-state index < -0.39 is 0 Å². The highest BCUT2D eigenvalue weighted by atomic mass is 15.0. The fraction of sp³-hybridized carbons (Fsp3) is 0.375. The molecular weight excluding hydrogens is 248 g/mol. The van der Waals surface area contributed by atoms with Gasteiger partial charge in [-0.25, -0.2) is 0 Å². The van der Waals surface area contributed by atoms with E-state index in [-0.39, 0.29) is 0 Å². The highest BCUT2D eigenvalue weighted by Gasteiger charge is 2.05. The van der Waals surface area contributed by atoms with Gasteiger partial charge in [0.25, 0.3) is 0 Å². The van der Waals surface area contributed by atoms with Gasteiger partial charge in [-0.05, 0) is 49.2 Å². The van der Waals surface area contributed by atoms with Crippen molar-refractivity contribution in [3.05, 3.63) is 60.2 Å². The Balaban J connectivity index is 1.69. The molecule has 0 bridgehead atoms. The summed E-state index contributed by atoms with van der Waals surface area (Å²) in [4.78, 5) is 8.07. The number of hydrogen-bond donors (Lipinski definition) is 2. The molecule has 2 rings (SSSR count). The lowest BCUT2D eigenvalue weighted by molar-refractivity contribution is 0.511. The first-order valence-corrected chi connectivity index (χ1v) is 7.04. The van der Waals surface area contributed by atoms with E-state index in [0.717, 1.165) is 13.1 Å². The Morgan fingerprint density at radius 2 is 1.10 bits per heavy atom. The minimum absolute atomic E-state index is 0.344. The van der Waals surface area contributed by atoms with Crippen LogP contribution in [0, 0.1) is 0 Å². The van der Waals surface area contributed by atoms with E-state index in [1.165, 1.54) is 11.1 Å². The molecule has 2 atom stereocenters. The predicted octanol–water partition coefficient (Wildman–Crippen LogP) is 2.48. The van der Waals surface area contributed by atoms with Crippen molar-refractivity contribution in [2.75, 3.05) is 13.1 Å². The molecule has 0 aliphatic rings. The lowest BCUT2D eigenvalue weighted by atomic mass is 10.1. The van der Waals surface area contributed by atoms with Crippen molar-refractivity contribution >= 4 is 0 Å². The van der Waals surface area contributed by atoms with E-state index in [4.69, 9.17) is 0 Å². The van der Waals surface area contributed by atoms with Crippen LogP contribution in [0.5, 0.6) is 0 Å². The van der Waals surface area contributed by atoms with Gasteiger partial charge in [0.15, 0.2) is 0 Å². The molecule has 0 aliphatic heterocycles. The average molecular weight is 270 g/mol. The Hall–Kier alpha value is -1.78. The molecule has 2 aromatic rings. The van der Waals surface area contributed by atoms with Gasteiger partial charge in [0.2, 0.25) is 0 Å². The standard InChI is InChI=1S/C16H22N4/c1-13(15-3-7-17-8-4-15)19-11-12-20-14(2)16-5-9-18-10-6-16/h3-10,13-14,19-20H,11-12H2,1-2H3. The molecule has 0 aromatic carbocycles. The van der Waals surface area contributed by atoms with Crippen LogP contribution in [0.4, 0.5) is 0 Å². The molecule has 0 amide bonds. The van der Waals surface area contributed by atoms with Crippen LogP contribution in [0.15, 0.2) is 49.1 Å². The molecule has 0 aliphatic carbocycles. The van der Waals surface area contributed by atoms with Crippen LogP contribution in [0.1, 0.15) is 37.1 Å². The van der Waals surface area contributed by atoms with Gasteiger partial charge in [-0.1, -0.05) is 0 Å². The maximum absolute atomic E-state index is 4.04. The van der Waals surface area contributed by atoms with Crippen molar-refractivity contribution in [2.24, 2.45) is 0 Å². The number of aromatic nitrogens is 2. The lowest BCUT2D eigenvalue weighted by Gasteiger charge is -2.17. The zero-order valence-corrected chi connectivity index (χ0v) is 12.1. The van der Waals surface area contributed by atoms with E-state index in [1.54, 1.807) is 0 Å². The number of nitrogens with zero attached hydrogens (tertiary/aromatic N) is 2. The predicted molar refractivity (Wildman–Crippen MR) is 81.3 cm³/mol. The maximum Gasteiger partial charge on any atom is 0.0293 e. The molecule has 106 valence electrons. The van der Waals surface area contributed by atoms with Crippen molar-refractivity contribution in [2.45, 2.75) is 25.9 Å². The molecule has 0 saturated carbocycles. The third-order valence-electron chi connectivity index (χ3n) is 3.44. The molecule has 4 nitrogen and oxygen atoms in total. The average Bonchev–Trinajstić information content (AvgIpc) is 2.53. The fourth-order valence-corrected chi connectivity index (χ4v) is 2.12. The number of nitrogens with one attached hydrogen (secondary N) is 2. The Morgan fingerprint density at radius 1 is 0.750 bits per heavy atom. The van der Waals surface area contributed by atoms with Crippen LogP contribution in [0.25, 0.3) is 0 Å². The van der Waals surface area contributed by atoms with Crippen LogP contribution < -0.4 is 10.6 Å². The second kappa shape index (κ2) is 7.72. The van der Waals surface area contributed by atoms with Crippen LogP contribution >= 0.6 is 0 Å². The van der Waals surface area contributed by atoms with Gasteiger partial charge < -0.3 is 10.6 Å². The molecule has 0 saturated heterocycles.